The van der Waals surface area contributed by atoms with Crippen LogP contribution in [0.3, 0.4) is 0 Å². The molecule has 1 saturated carbocycles. The summed E-state index contributed by atoms with van der Waals surface area (Å²) in [5.41, 5.74) is 3.09. The van der Waals surface area contributed by atoms with Crippen LogP contribution in [0.4, 0.5) is 17.6 Å². The molecule has 4 rings (SSSR count). The van der Waals surface area contributed by atoms with Gasteiger partial charge in [-0.25, -0.2) is 17.6 Å². The molecule has 1 fully saturated rings. The van der Waals surface area contributed by atoms with Crippen molar-refractivity contribution >= 4 is 6.08 Å². The van der Waals surface area contributed by atoms with Gasteiger partial charge in [0.2, 0.25) is 0 Å². The maximum Gasteiger partial charge on any atom is 0.166 e. The summed E-state index contributed by atoms with van der Waals surface area (Å²) in [6.45, 7) is 3.64. The van der Waals surface area contributed by atoms with E-state index < -0.39 is 23.3 Å². The lowest BCUT2D eigenvalue weighted by molar-refractivity contribution is 0.365. The standard InChI is InChI=1S/C30H30F4/c1-3-4-20-6-12-22(13-7-20)25-17-18-26(30(34)29(25)33)23-14-8-21(9-15-23)10-16-24-11-5-19(2)27(31)28(24)32/h5-7,10-13,16-18,21,23H,3-4,8-9,14-15H2,1-2H3/b16-10+. The lowest BCUT2D eigenvalue weighted by Gasteiger charge is -2.27. The number of hydrogen-bond acceptors (Lipinski definition) is 0. The second-order valence-electron chi connectivity index (χ2n) is 9.35. The Balaban J connectivity index is 1.43. The Morgan fingerprint density at radius 1 is 0.765 bits per heavy atom. The van der Waals surface area contributed by atoms with Gasteiger partial charge in [-0.15, -0.1) is 0 Å². The van der Waals surface area contributed by atoms with Gasteiger partial charge in [-0.2, -0.15) is 0 Å². The molecule has 0 saturated heterocycles. The smallest absolute Gasteiger partial charge is 0.166 e. The lowest BCUT2D eigenvalue weighted by atomic mass is 9.78. The van der Waals surface area contributed by atoms with Crippen molar-refractivity contribution < 1.29 is 17.6 Å². The molecule has 178 valence electrons. The molecule has 0 aromatic heterocycles. The SMILES string of the molecule is CCCc1ccc(-c2ccc(C3CCC(/C=C/c4ccc(C)c(F)c4F)CC3)c(F)c2F)cc1. The number of rotatable bonds is 6. The van der Waals surface area contributed by atoms with Crippen molar-refractivity contribution in [3.05, 3.63) is 100 Å². The highest BCUT2D eigenvalue weighted by atomic mass is 19.2. The lowest BCUT2D eigenvalue weighted by Crippen LogP contribution is -2.13. The van der Waals surface area contributed by atoms with Crippen LogP contribution in [0.15, 0.2) is 54.6 Å². The zero-order chi connectivity index (χ0) is 24.2. The topological polar surface area (TPSA) is 0 Å². The first-order valence-corrected chi connectivity index (χ1v) is 12.1. The van der Waals surface area contributed by atoms with E-state index in [4.69, 9.17) is 0 Å². The van der Waals surface area contributed by atoms with Crippen molar-refractivity contribution in [3.63, 3.8) is 0 Å². The van der Waals surface area contributed by atoms with E-state index in [1.807, 2.05) is 30.3 Å². The van der Waals surface area contributed by atoms with Gasteiger partial charge in [0, 0.05) is 11.1 Å². The summed E-state index contributed by atoms with van der Waals surface area (Å²) in [6, 6.07) is 14.2. The van der Waals surface area contributed by atoms with Crippen LogP contribution >= 0.6 is 0 Å². The Bertz CT molecular complexity index is 1170. The third kappa shape index (κ3) is 5.11. The Kier molecular flexibility index (Phi) is 7.55. The van der Waals surface area contributed by atoms with E-state index in [1.165, 1.54) is 12.5 Å². The molecule has 0 radical (unpaired) electrons. The van der Waals surface area contributed by atoms with Gasteiger partial charge in [-0.3, -0.25) is 0 Å². The molecular weight excluding hydrogens is 436 g/mol. The fourth-order valence-electron chi connectivity index (χ4n) is 4.89. The predicted octanol–water partition coefficient (Wildman–Crippen LogP) is 9.16. The largest absolute Gasteiger partial charge is 0.203 e. The zero-order valence-corrected chi connectivity index (χ0v) is 19.7. The quantitative estimate of drug-likeness (QED) is 0.318. The molecule has 3 aromatic rings. The molecule has 3 aromatic carbocycles. The van der Waals surface area contributed by atoms with Crippen LogP contribution in [-0.2, 0) is 6.42 Å². The van der Waals surface area contributed by atoms with Gasteiger partial charge < -0.3 is 0 Å². The van der Waals surface area contributed by atoms with Crippen LogP contribution in [0.25, 0.3) is 17.2 Å². The van der Waals surface area contributed by atoms with E-state index in [9.17, 15) is 13.2 Å². The first-order valence-electron chi connectivity index (χ1n) is 12.1. The molecule has 0 unspecified atom stereocenters. The van der Waals surface area contributed by atoms with E-state index in [-0.39, 0.29) is 28.5 Å². The summed E-state index contributed by atoms with van der Waals surface area (Å²) >= 11 is 0. The average molecular weight is 467 g/mol. The highest BCUT2D eigenvalue weighted by molar-refractivity contribution is 5.65. The van der Waals surface area contributed by atoms with Crippen LogP contribution in [0, 0.1) is 36.1 Å². The van der Waals surface area contributed by atoms with Gasteiger partial charge in [0.25, 0.3) is 0 Å². The van der Waals surface area contributed by atoms with Crippen LogP contribution in [0.1, 0.15) is 67.2 Å². The number of halogens is 4. The molecule has 0 spiro atoms. The van der Waals surface area contributed by atoms with Crippen LogP contribution in [0.2, 0.25) is 0 Å². The predicted molar refractivity (Wildman–Crippen MR) is 131 cm³/mol. The molecule has 1 aliphatic rings. The van der Waals surface area contributed by atoms with E-state index >= 15 is 4.39 Å². The third-order valence-corrected chi connectivity index (χ3v) is 6.98. The van der Waals surface area contributed by atoms with E-state index in [2.05, 4.69) is 6.92 Å². The van der Waals surface area contributed by atoms with Crippen molar-refractivity contribution in [2.45, 2.75) is 58.3 Å². The van der Waals surface area contributed by atoms with Gasteiger partial charge >= 0.3 is 0 Å². The monoisotopic (exact) mass is 466 g/mol. The van der Waals surface area contributed by atoms with Crippen molar-refractivity contribution in [2.75, 3.05) is 0 Å². The number of aryl methyl sites for hydroxylation is 2. The molecule has 34 heavy (non-hydrogen) atoms. The second-order valence-corrected chi connectivity index (χ2v) is 9.35. The summed E-state index contributed by atoms with van der Waals surface area (Å²) in [7, 11) is 0. The molecule has 0 nitrogen and oxygen atoms in total. The van der Waals surface area contributed by atoms with Crippen molar-refractivity contribution in [2.24, 2.45) is 5.92 Å². The van der Waals surface area contributed by atoms with Crippen LogP contribution < -0.4 is 0 Å². The molecule has 4 heteroatoms. The maximum absolute atomic E-state index is 15.0. The summed E-state index contributed by atoms with van der Waals surface area (Å²) in [4.78, 5) is 0. The number of allylic oxidation sites excluding steroid dienone is 1. The van der Waals surface area contributed by atoms with E-state index in [1.54, 1.807) is 30.3 Å². The average Bonchev–Trinajstić information content (AvgIpc) is 2.85. The van der Waals surface area contributed by atoms with E-state index in [0.29, 0.717) is 11.1 Å². The molecule has 0 heterocycles. The fraction of sp³-hybridized carbons (Fsp3) is 0.333. The molecule has 1 aliphatic carbocycles. The van der Waals surface area contributed by atoms with Crippen LogP contribution in [-0.4, -0.2) is 0 Å². The minimum Gasteiger partial charge on any atom is -0.203 e. The van der Waals surface area contributed by atoms with Gasteiger partial charge in [0.1, 0.15) is 0 Å². The minimum atomic E-state index is -0.831. The highest BCUT2D eigenvalue weighted by Crippen LogP contribution is 2.39. The molecule has 0 aliphatic heterocycles. The zero-order valence-electron chi connectivity index (χ0n) is 19.7. The summed E-state index contributed by atoms with van der Waals surface area (Å²) in [5.74, 6) is -3.04. The number of hydrogen-bond donors (Lipinski definition) is 0. The van der Waals surface area contributed by atoms with Crippen LogP contribution in [0.5, 0.6) is 0 Å². The highest BCUT2D eigenvalue weighted by Gasteiger charge is 2.26. The molecular formula is C30H30F4. The molecule has 0 atom stereocenters. The summed E-state index contributed by atoms with van der Waals surface area (Å²) < 4.78 is 57.9. The third-order valence-electron chi connectivity index (χ3n) is 6.98. The maximum atomic E-state index is 15.0. The fourth-order valence-corrected chi connectivity index (χ4v) is 4.89. The Labute approximate surface area is 199 Å². The normalized spacial score (nSPS) is 18.5. The minimum absolute atomic E-state index is 0.0475. The molecule has 0 bridgehead atoms. The van der Waals surface area contributed by atoms with Crippen molar-refractivity contribution in [1.29, 1.82) is 0 Å². The Morgan fingerprint density at radius 2 is 1.47 bits per heavy atom. The molecule has 0 amide bonds. The van der Waals surface area contributed by atoms with Gasteiger partial charge in [0.15, 0.2) is 23.3 Å². The van der Waals surface area contributed by atoms with Gasteiger partial charge in [-0.1, -0.05) is 74.0 Å². The summed E-state index contributed by atoms with van der Waals surface area (Å²) in [5, 5.41) is 0. The van der Waals surface area contributed by atoms with E-state index in [0.717, 1.165) is 38.5 Å². The second kappa shape index (κ2) is 10.6. The first kappa shape index (κ1) is 24.3. The van der Waals surface area contributed by atoms with Crippen molar-refractivity contribution in [3.8, 4) is 11.1 Å². The van der Waals surface area contributed by atoms with Gasteiger partial charge in [0.05, 0.1) is 0 Å². The molecule has 0 N–H and O–H groups in total. The Morgan fingerprint density at radius 3 is 2.15 bits per heavy atom. The Hall–Kier alpha value is -2.88. The number of benzene rings is 3. The van der Waals surface area contributed by atoms with Crippen molar-refractivity contribution in [1.82, 2.24) is 0 Å². The van der Waals surface area contributed by atoms with Gasteiger partial charge in [-0.05, 0) is 73.1 Å². The summed E-state index contributed by atoms with van der Waals surface area (Å²) in [6.07, 6.45) is 8.57. The first-order chi connectivity index (χ1) is 16.4.